The predicted molar refractivity (Wildman–Crippen MR) is 146 cm³/mol. The quantitative estimate of drug-likeness (QED) is 0.341. The summed E-state index contributed by atoms with van der Waals surface area (Å²) in [6.45, 7) is 4.01. The minimum atomic E-state index is -3.92. The van der Waals surface area contributed by atoms with Crippen molar-refractivity contribution in [3.8, 4) is 0 Å². The Kier molecular flexibility index (Phi) is 9.64. The van der Waals surface area contributed by atoms with Crippen molar-refractivity contribution in [2.24, 2.45) is 0 Å². The maximum absolute atomic E-state index is 13.4. The molecule has 0 heterocycles. The molecule has 9 heteroatoms. The summed E-state index contributed by atoms with van der Waals surface area (Å²) in [5.41, 5.74) is 0.833. The molecule has 0 spiro atoms. The van der Waals surface area contributed by atoms with Crippen LogP contribution < -0.4 is 5.32 Å². The molecule has 0 radical (unpaired) electrons. The molecule has 1 atom stereocenters. The van der Waals surface area contributed by atoms with E-state index >= 15 is 0 Å². The standard InChI is InChI=1S/C27H32BrN3O4S/c1-4-5-16-29-27(33)20(2)31(18-21-10-13-24(28)14-11-21)26(32)19-30(3)36(34,35)25-15-12-22-8-6-7-9-23(22)17-25/h6-15,17,20H,4-5,16,18-19H2,1-3H3,(H,29,33). The number of fused-ring (bicyclic) bond motifs is 1. The minimum Gasteiger partial charge on any atom is -0.354 e. The summed E-state index contributed by atoms with van der Waals surface area (Å²) in [6.07, 6.45) is 1.78. The highest BCUT2D eigenvalue weighted by Crippen LogP contribution is 2.22. The second-order valence-electron chi connectivity index (χ2n) is 8.74. The van der Waals surface area contributed by atoms with Crippen LogP contribution in [0.5, 0.6) is 0 Å². The maximum Gasteiger partial charge on any atom is 0.243 e. The van der Waals surface area contributed by atoms with Crippen LogP contribution in [0.2, 0.25) is 0 Å². The molecule has 2 amide bonds. The van der Waals surface area contributed by atoms with Gasteiger partial charge in [-0.2, -0.15) is 4.31 Å². The highest BCUT2D eigenvalue weighted by molar-refractivity contribution is 9.10. The first-order valence-electron chi connectivity index (χ1n) is 11.9. The molecular weight excluding hydrogens is 542 g/mol. The van der Waals surface area contributed by atoms with Gasteiger partial charge in [-0.3, -0.25) is 9.59 Å². The molecule has 0 saturated carbocycles. The number of nitrogens with one attached hydrogen (secondary N) is 1. The Hall–Kier alpha value is -2.75. The molecule has 3 aromatic rings. The van der Waals surface area contributed by atoms with Crippen molar-refractivity contribution >= 4 is 48.5 Å². The number of rotatable bonds is 11. The fourth-order valence-electron chi connectivity index (χ4n) is 3.78. The molecule has 3 rings (SSSR count). The maximum atomic E-state index is 13.4. The van der Waals surface area contributed by atoms with E-state index in [2.05, 4.69) is 21.2 Å². The second-order valence-corrected chi connectivity index (χ2v) is 11.7. The van der Waals surface area contributed by atoms with Crippen LogP contribution in [0.15, 0.2) is 76.1 Å². The van der Waals surface area contributed by atoms with Crippen molar-refractivity contribution in [2.75, 3.05) is 20.1 Å². The van der Waals surface area contributed by atoms with E-state index in [1.165, 1.54) is 11.9 Å². The molecule has 1 N–H and O–H groups in total. The number of nitrogens with zero attached hydrogens (tertiary/aromatic N) is 2. The zero-order chi connectivity index (χ0) is 26.3. The van der Waals surface area contributed by atoms with Crippen molar-refractivity contribution in [2.45, 2.75) is 44.2 Å². The molecule has 0 aromatic heterocycles. The van der Waals surface area contributed by atoms with E-state index in [1.54, 1.807) is 25.1 Å². The number of benzene rings is 3. The highest BCUT2D eigenvalue weighted by Gasteiger charge is 2.30. The molecule has 0 bridgehead atoms. The molecular formula is C27H32BrN3O4S. The number of carbonyl (C=O) groups is 2. The van der Waals surface area contributed by atoms with Crippen LogP contribution in [0.4, 0.5) is 0 Å². The summed E-state index contributed by atoms with van der Waals surface area (Å²) in [5.74, 6) is -0.725. The number of sulfonamides is 1. The third-order valence-electron chi connectivity index (χ3n) is 6.05. The SMILES string of the molecule is CCCCNC(=O)C(C)N(Cc1ccc(Br)cc1)C(=O)CN(C)S(=O)(=O)c1ccc2ccccc2c1. The normalized spacial score (nSPS) is 12.5. The number of halogens is 1. The Bertz CT molecular complexity index is 1310. The number of amides is 2. The van der Waals surface area contributed by atoms with Gasteiger partial charge in [0.05, 0.1) is 11.4 Å². The van der Waals surface area contributed by atoms with E-state index in [1.807, 2.05) is 55.5 Å². The van der Waals surface area contributed by atoms with Gasteiger partial charge in [-0.25, -0.2) is 8.42 Å². The predicted octanol–water partition coefficient (Wildman–Crippen LogP) is 4.56. The number of hydrogen-bond donors (Lipinski definition) is 1. The van der Waals surface area contributed by atoms with E-state index in [-0.39, 0.29) is 17.3 Å². The van der Waals surface area contributed by atoms with Crippen LogP contribution in [-0.2, 0) is 26.2 Å². The summed E-state index contributed by atoms with van der Waals surface area (Å²) in [4.78, 5) is 27.8. The largest absolute Gasteiger partial charge is 0.354 e. The Labute approximate surface area is 221 Å². The fourth-order valence-corrected chi connectivity index (χ4v) is 5.20. The van der Waals surface area contributed by atoms with Crippen molar-refractivity contribution in [1.82, 2.24) is 14.5 Å². The van der Waals surface area contributed by atoms with Gasteiger partial charge in [0.1, 0.15) is 6.04 Å². The van der Waals surface area contributed by atoms with E-state index in [0.29, 0.717) is 6.54 Å². The van der Waals surface area contributed by atoms with Crippen molar-refractivity contribution in [3.05, 3.63) is 76.8 Å². The van der Waals surface area contributed by atoms with E-state index in [4.69, 9.17) is 0 Å². The van der Waals surface area contributed by atoms with Gasteiger partial charge < -0.3 is 10.2 Å². The van der Waals surface area contributed by atoms with Gasteiger partial charge in [0.15, 0.2) is 0 Å². The molecule has 0 aliphatic carbocycles. The number of hydrogen-bond acceptors (Lipinski definition) is 4. The summed E-state index contributed by atoms with van der Waals surface area (Å²) in [7, 11) is -2.54. The first kappa shape index (κ1) is 27.8. The van der Waals surface area contributed by atoms with Gasteiger partial charge in [0.2, 0.25) is 21.8 Å². The van der Waals surface area contributed by atoms with Gasteiger partial charge in [0.25, 0.3) is 0 Å². The number of unbranched alkanes of at least 4 members (excludes halogenated alkanes) is 1. The Morgan fingerprint density at radius 2 is 1.67 bits per heavy atom. The van der Waals surface area contributed by atoms with Crippen LogP contribution in [0.25, 0.3) is 10.8 Å². The molecule has 0 fully saturated rings. The lowest BCUT2D eigenvalue weighted by Crippen LogP contribution is -2.50. The van der Waals surface area contributed by atoms with E-state index in [0.717, 1.165) is 38.0 Å². The molecule has 0 aliphatic heterocycles. The lowest BCUT2D eigenvalue weighted by molar-refractivity contribution is -0.140. The van der Waals surface area contributed by atoms with Gasteiger partial charge in [0, 0.05) is 24.6 Å². The van der Waals surface area contributed by atoms with Crippen LogP contribution >= 0.6 is 15.9 Å². The first-order valence-corrected chi connectivity index (χ1v) is 14.1. The molecule has 1 unspecified atom stereocenters. The average Bonchev–Trinajstić information content (AvgIpc) is 2.87. The number of likely N-dealkylation sites (N-methyl/N-ethyl adjacent to an activating group) is 1. The van der Waals surface area contributed by atoms with Gasteiger partial charge >= 0.3 is 0 Å². The third kappa shape index (κ3) is 6.93. The van der Waals surface area contributed by atoms with E-state index < -0.39 is 28.5 Å². The second kappa shape index (κ2) is 12.5. The number of carbonyl (C=O) groups excluding carboxylic acids is 2. The average molecular weight is 575 g/mol. The topological polar surface area (TPSA) is 86.8 Å². The summed E-state index contributed by atoms with van der Waals surface area (Å²) < 4.78 is 28.5. The lowest BCUT2D eigenvalue weighted by atomic mass is 10.1. The van der Waals surface area contributed by atoms with Crippen LogP contribution in [0, 0.1) is 0 Å². The van der Waals surface area contributed by atoms with Crippen molar-refractivity contribution in [3.63, 3.8) is 0 Å². The summed E-state index contributed by atoms with van der Waals surface area (Å²) in [6, 6.07) is 19.1. The van der Waals surface area contributed by atoms with Crippen molar-refractivity contribution in [1.29, 1.82) is 0 Å². The zero-order valence-corrected chi connectivity index (χ0v) is 23.2. The summed E-state index contributed by atoms with van der Waals surface area (Å²) in [5, 5.41) is 4.60. The molecule has 192 valence electrons. The Morgan fingerprint density at radius 1 is 1.00 bits per heavy atom. The smallest absolute Gasteiger partial charge is 0.243 e. The monoisotopic (exact) mass is 573 g/mol. The van der Waals surface area contributed by atoms with Gasteiger partial charge in [-0.15, -0.1) is 0 Å². The summed E-state index contributed by atoms with van der Waals surface area (Å²) >= 11 is 3.40. The van der Waals surface area contributed by atoms with Crippen LogP contribution in [0.3, 0.4) is 0 Å². The Morgan fingerprint density at radius 3 is 2.33 bits per heavy atom. The van der Waals surface area contributed by atoms with E-state index in [9.17, 15) is 18.0 Å². The molecule has 3 aromatic carbocycles. The van der Waals surface area contributed by atoms with Crippen LogP contribution in [-0.4, -0.2) is 55.6 Å². The van der Waals surface area contributed by atoms with Gasteiger partial charge in [-0.1, -0.05) is 71.7 Å². The lowest BCUT2D eigenvalue weighted by Gasteiger charge is -2.30. The highest BCUT2D eigenvalue weighted by atomic mass is 79.9. The minimum absolute atomic E-state index is 0.112. The fraction of sp³-hybridized carbons (Fsp3) is 0.333. The molecule has 36 heavy (non-hydrogen) atoms. The Balaban J connectivity index is 1.81. The first-order chi connectivity index (χ1) is 17.1. The molecule has 0 aliphatic rings. The zero-order valence-electron chi connectivity index (χ0n) is 20.8. The molecule has 7 nitrogen and oxygen atoms in total. The third-order valence-corrected chi connectivity index (χ3v) is 8.38. The van der Waals surface area contributed by atoms with Gasteiger partial charge in [-0.05, 0) is 53.9 Å². The van der Waals surface area contributed by atoms with Crippen LogP contribution in [0.1, 0.15) is 32.3 Å². The van der Waals surface area contributed by atoms with Crippen molar-refractivity contribution < 1.29 is 18.0 Å². The molecule has 0 saturated heterocycles.